The molecule has 0 aliphatic heterocycles. The summed E-state index contributed by atoms with van der Waals surface area (Å²) in [5, 5.41) is 2.94. The van der Waals surface area contributed by atoms with E-state index in [-0.39, 0.29) is 5.91 Å². The van der Waals surface area contributed by atoms with E-state index in [1.165, 1.54) is 16.9 Å². The second-order valence-corrected chi connectivity index (χ2v) is 6.92. The number of aryl methyl sites for hydroxylation is 3. The second kappa shape index (κ2) is 9.91. The molecule has 4 heteroatoms. The topological polar surface area (TPSA) is 46.9 Å². The molecule has 4 nitrogen and oxygen atoms in total. The van der Waals surface area contributed by atoms with E-state index >= 15 is 0 Å². The average Bonchev–Trinajstić information content (AvgIpc) is 3.07. The highest BCUT2D eigenvalue weighted by Gasteiger charge is 2.10. The van der Waals surface area contributed by atoms with Crippen LogP contribution < -0.4 is 5.32 Å². The van der Waals surface area contributed by atoms with Gasteiger partial charge < -0.3 is 9.88 Å². The number of rotatable bonds is 10. The maximum Gasteiger partial charge on any atom is 0.219 e. The van der Waals surface area contributed by atoms with Crippen LogP contribution in [-0.2, 0) is 24.2 Å². The number of para-hydroxylation sites is 2. The number of carbonyl (C=O) groups is 1. The van der Waals surface area contributed by atoms with E-state index in [1.807, 2.05) is 6.92 Å². The highest BCUT2D eigenvalue weighted by molar-refractivity contribution is 5.76. The molecule has 0 bridgehead atoms. The Labute approximate surface area is 161 Å². The van der Waals surface area contributed by atoms with Gasteiger partial charge in [0.2, 0.25) is 5.91 Å². The molecule has 142 valence electrons. The molecule has 3 aromatic rings. The zero-order chi connectivity index (χ0) is 18.9. The third-order valence-electron chi connectivity index (χ3n) is 4.92. The Balaban J connectivity index is 1.59. The molecule has 0 unspecified atom stereocenters. The van der Waals surface area contributed by atoms with Crippen molar-refractivity contribution < 1.29 is 4.79 Å². The van der Waals surface area contributed by atoms with E-state index in [1.54, 1.807) is 0 Å². The number of nitrogens with one attached hydrogen (secondary N) is 1. The molecule has 0 aliphatic rings. The Morgan fingerprint density at radius 3 is 2.56 bits per heavy atom. The van der Waals surface area contributed by atoms with Gasteiger partial charge in [-0.2, -0.15) is 0 Å². The Morgan fingerprint density at radius 2 is 1.74 bits per heavy atom. The molecule has 0 fully saturated rings. The zero-order valence-electron chi connectivity index (χ0n) is 16.2. The van der Waals surface area contributed by atoms with Gasteiger partial charge in [0, 0.05) is 25.9 Å². The van der Waals surface area contributed by atoms with Crippen LogP contribution in [0.1, 0.15) is 44.0 Å². The van der Waals surface area contributed by atoms with Crippen molar-refractivity contribution in [3.8, 4) is 0 Å². The van der Waals surface area contributed by atoms with Gasteiger partial charge in [-0.1, -0.05) is 55.8 Å². The number of hydrogen-bond donors (Lipinski definition) is 1. The van der Waals surface area contributed by atoms with Crippen molar-refractivity contribution in [2.75, 3.05) is 6.54 Å². The average molecular weight is 364 g/mol. The number of imidazole rings is 1. The number of nitrogens with zero attached hydrogens (tertiary/aromatic N) is 2. The maximum absolute atomic E-state index is 11.3. The molecule has 0 saturated heterocycles. The number of benzene rings is 2. The molecule has 1 amide bonds. The van der Waals surface area contributed by atoms with Crippen LogP contribution in [0.4, 0.5) is 0 Å². The second-order valence-electron chi connectivity index (χ2n) is 6.92. The summed E-state index contributed by atoms with van der Waals surface area (Å²) in [6.07, 6.45) is 5.77. The van der Waals surface area contributed by atoms with Crippen molar-refractivity contribution in [3.63, 3.8) is 0 Å². The van der Waals surface area contributed by atoms with Crippen LogP contribution >= 0.6 is 0 Å². The number of amides is 1. The van der Waals surface area contributed by atoms with Crippen LogP contribution in [0.15, 0.2) is 54.6 Å². The maximum atomic E-state index is 11.3. The summed E-state index contributed by atoms with van der Waals surface area (Å²) in [6, 6.07) is 19.0. The Kier molecular flexibility index (Phi) is 7.03. The molecule has 2 aromatic carbocycles. The predicted octanol–water partition coefficient (Wildman–Crippen LogP) is 4.52. The van der Waals surface area contributed by atoms with Crippen LogP contribution in [0.5, 0.6) is 0 Å². The number of fused-ring (bicyclic) bond motifs is 1. The molecule has 0 saturated carbocycles. The van der Waals surface area contributed by atoms with E-state index in [2.05, 4.69) is 64.5 Å². The van der Waals surface area contributed by atoms with Crippen LogP contribution in [0.3, 0.4) is 0 Å². The smallest absolute Gasteiger partial charge is 0.219 e. The Morgan fingerprint density at radius 1 is 0.963 bits per heavy atom. The van der Waals surface area contributed by atoms with Crippen LogP contribution in [-0.4, -0.2) is 22.0 Å². The van der Waals surface area contributed by atoms with Crippen LogP contribution in [0.25, 0.3) is 11.0 Å². The van der Waals surface area contributed by atoms with Gasteiger partial charge in [0.15, 0.2) is 0 Å². The summed E-state index contributed by atoms with van der Waals surface area (Å²) >= 11 is 0. The van der Waals surface area contributed by atoms with Gasteiger partial charge in [-0.3, -0.25) is 4.79 Å². The zero-order valence-corrected chi connectivity index (χ0v) is 16.2. The molecular formula is C23H29N3O. The molecule has 1 N–H and O–H groups in total. The van der Waals surface area contributed by atoms with Crippen LogP contribution in [0, 0.1) is 0 Å². The number of unbranched alkanes of at least 4 members (excludes halogenated alkanes) is 2. The summed E-state index contributed by atoms with van der Waals surface area (Å²) in [6.45, 7) is 3.61. The van der Waals surface area contributed by atoms with Crippen molar-refractivity contribution in [3.05, 3.63) is 66.0 Å². The number of hydrogen-bond acceptors (Lipinski definition) is 2. The summed E-state index contributed by atoms with van der Waals surface area (Å²) in [4.78, 5) is 16.2. The Hall–Kier alpha value is -2.62. The predicted molar refractivity (Wildman–Crippen MR) is 111 cm³/mol. The molecule has 0 radical (unpaired) electrons. The van der Waals surface area contributed by atoms with Crippen molar-refractivity contribution in [1.29, 1.82) is 0 Å². The van der Waals surface area contributed by atoms with Gasteiger partial charge in [0.25, 0.3) is 0 Å². The van der Waals surface area contributed by atoms with Gasteiger partial charge in [0.05, 0.1) is 11.0 Å². The molecule has 27 heavy (non-hydrogen) atoms. The van der Waals surface area contributed by atoms with Gasteiger partial charge in [-0.05, 0) is 37.0 Å². The van der Waals surface area contributed by atoms with Crippen molar-refractivity contribution >= 4 is 16.9 Å². The lowest BCUT2D eigenvalue weighted by Gasteiger charge is -2.10. The fraction of sp³-hybridized carbons (Fsp3) is 0.391. The SMILES string of the molecule is CCC(=O)NCCCCCc1nc2ccccc2n1CCc1ccccc1. The minimum absolute atomic E-state index is 0.137. The first kappa shape index (κ1) is 19.2. The minimum atomic E-state index is 0.137. The summed E-state index contributed by atoms with van der Waals surface area (Å²) < 4.78 is 2.38. The van der Waals surface area contributed by atoms with Gasteiger partial charge in [-0.25, -0.2) is 4.98 Å². The standard InChI is InChI=1S/C23H29N3O/c1-2-23(27)24-17-10-4-7-15-22-25-20-13-8-9-14-21(20)26(22)18-16-19-11-5-3-6-12-19/h3,5-6,8-9,11-14H,2,4,7,10,15-18H2,1H3,(H,24,27). The fourth-order valence-electron chi connectivity index (χ4n) is 3.39. The largest absolute Gasteiger partial charge is 0.356 e. The lowest BCUT2D eigenvalue weighted by molar-refractivity contribution is -0.120. The molecule has 0 aliphatic carbocycles. The lowest BCUT2D eigenvalue weighted by atomic mass is 10.1. The van der Waals surface area contributed by atoms with E-state index in [0.29, 0.717) is 6.42 Å². The molecule has 0 spiro atoms. The minimum Gasteiger partial charge on any atom is -0.356 e. The Bertz CT molecular complexity index is 854. The summed E-state index contributed by atoms with van der Waals surface area (Å²) in [5.74, 6) is 1.31. The van der Waals surface area contributed by atoms with Crippen molar-refractivity contribution in [2.45, 2.75) is 52.0 Å². The third kappa shape index (κ3) is 5.43. The first-order valence-corrected chi connectivity index (χ1v) is 10.0. The highest BCUT2D eigenvalue weighted by atomic mass is 16.1. The first-order chi connectivity index (χ1) is 13.3. The number of carbonyl (C=O) groups excluding carboxylic acids is 1. The lowest BCUT2D eigenvalue weighted by Crippen LogP contribution is -2.23. The monoisotopic (exact) mass is 363 g/mol. The van der Waals surface area contributed by atoms with Gasteiger partial charge >= 0.3 is 0 Å². The van der Waals surface area contributed by atoms with E-state index in [9.17, 15) is 4.79 Å². The fourth-order valence-corrected chi connectivity index (χ4v) is 3.39. The molecule has 3 rings (SSSR count). The third-order valence-corrected chi connectivity index (χ3v) is 4.92. The molecule has 1 heterocycles. The quantitative estimate of drug-likeness (QED) is 0.538. The van der Waals surface area contributed by atoms with Gasteiger partial charge in [0.1, 0.15) is 5.82 Å². The van der Waals surface area contributed by atoms with Gasteiger partial charge in [-0.15, -0.1) is 0 Å². The molecule has 1 aromatic heterocycles. The normalized spacial score (nSPS) is 11.0. The molecule has 0 atom stereocenters. The highest BCUT2D eigenvalue weighted by Crippen LogP contribution is 2.18. The summed E-state index contributed by atoms with van der Waals surface area (Å²) in [5.41, 5.74) is 3.65. The van der Waals surface area contributed by atoms with E-state index < -0.39 is 0 Å². The summed E-state index contributed by atoms with van der Waals surface area (Å²) in [7, 11) is 0. The molecular weight excluding hydrogens is 334 g/mol. The van der Waals surface area contributed by atoms with E-state index in [4.69, 9.17) is 4.98 Å². The van der Waals surface area contributed by atoms with Crippen molar-refractivity contribution in [1.82, 2.24) is 14.9 Å². The van der Waals surface area contributed by atoms with E-state index in [0.717, 1.165) is 50.7 Å². The van der Waals surface area contributed by atoms with Crippen molar-refractivity contribution in [2.24, 2.45) is 0 Å². The number of aromatic nitrogens is 2. The first-order valence-electron chi connectivity index (χ1n) is 10.0. The van der Waals surface area contributed by atoms with Crippen LogP contribution in [0.2, 0.25) is 0 Å².